The van der Waals surface area contributed by atoms with Crippen molar-refractivity contribution in [3.8, 4) is 0 Å². The van der Waals surface area contributed by atoms with Gasteiger partial charge in [-0.1, -0.05) is 6.92 Å². The lowest BCUT2D eigenvalue weighted by Crippen LogP contribution is -2.51. The van der Waals surface area contributed by atoms with Gasteiger partial charge in [0.05, 0.1) is 0 Å². The Morgan fingerprint density at radius 3 is 2.19 bits per heavy atom. The fraction of sp³-hybridized carbons (Fsp3) is 0.667. The average molecular weight is 231 g/mol. The third-order valence-corrected chi connectivity index (χ3v) is 2.00. The zero-order chi connectivity index (χ0) is 12.7. The molecule has 0 heterocycles. The predicted octanol–water partition coefficient (Wildman–Crippen LogP) is -0.717. The first-order chi connectivity index (χ1) is 7.42. The van der Waals surface area contributed by atoms with Crippen LogP contribution in [-0.2, 0) is 9.59 Å². The zero-order valence-corrected chi connectivity index (χ0v) is 9.53. The summed E-state index contributed by atoms with van der Waals surface area (Å²) in [6, 6.07) is -2.33. The van der Waals surface area contributed by atoms with E-state index in [2.05, 4.69) is 16.0 Å². The molecular weight excluding hydrogens is 214 g/mol. The minimum absolute atomic E-state index is 0.275. The summed E-state index contributed by atoms with van der Waals surface area (Å²) >= 11 is 0. The molecule has 0 rings (SSSR count). The average Bonchev–Trinajstić information content (AvgIpc) is 2.23. The summed E-state index contributed by atoms with van der Waals surface area (Å²) in [5.74, 6) is -1.45. The van der Waals surface area contributed by atoms with Gasteiger partial charge in [0.1, 0.15) is 12.1 Å². The van der Waals surface area contributed by atoms with Crippen molar-refractivity contribution in [2.45, 2.75) is 32.4 Å². The molecule has 0 aliphatic heterocycles. The lowest BCUT2D eigenvalue weighted by Gasteiger charge is -2.16. The van der Waals surface area contributed by atoms with E-state index in [4.69, 9.17) is 5.11 Å². The van der Waals surface area contributed by atoms with Gasteiger partial charge < -0.3 is 21.1 Å². The Morgan fingerprint density at radius 2 is 1.81 bits per heavy atom. The van der Waals surface area contributed by atoms with E-state index in [0.29, 0.717) is 0 Å². The first-order valence-electron chi connectivity index (χ1n) is 4.93. The molecule has 0 aromatic heterocycles. The number of nitrogens with one attached hydrogen (secondary N) is 3. The van der Waals surface area contributed by atoms with E-state index in [1.807, 2.05) is 0 Å². The highest BCUT2D eigenvalue weighted by Gasteiger charge is 2.20. The number of rotatable bonds is 5. The normalized spacial score (nSPS) is 13.4. The standard InChI is InChI=1S/C9H17N3O4/c1-4-6(8(14)15)12-9(16)11-5(2)7(13)10-3/h5-6H,4H2,1-3H3,(H,10,13)(H,14,15)(H2,11,12,16)/t5?,6-/m1/s1. The third kappa shape index (κ3) is 4.63. The quantitative estimate of drug-likeness (QED) is 0.501. The lowest BCUT2D eigenvalue weighted by molar-refractivity contribution is -0.139. The van der Waals surface area contributed by atoms with Gasteiger partial charge in [-0.3, -0.25) is 4.79 Å². The molecule has 0 saturated carbocycles. The number of hydrogen-bond acceptors (Lipinski definition) is 3. The topological polar surface area (TPSA) is 108 Å². The molecule has 0 aliphatic carbocycles. The van der Waals surface area contributed by atoms with Crippen LogP contribution in [0.3, 0.4) is 0 Å². The number of aliphatic carboxylic acids is 1. The van der Waals surface area contributed by atoms with Gasteiger partial charge in [-0.25, -0.2) is 9.59 Å². The minimum atomic E-state index is -1.11. The maximum atomic E-state index is 11.3. The second kappa shape index (κ2) is 6.65. The predicted molar refractivity (Wildman–Crippen MR) is 56.9 cm³/mol. The summed E-state index contributed by atoms with van der Waals surface area (Å²) in [6.07, 6.45) is 0.275. The summed E-state index contributed by atoms with van der Waals surface area (Å²) in [5, 5.41) is 15.6. The van der Waals surface area contributed by atoms with Crippen LogP contribution in [0.4, 0.5) is 4.79 Å². The summed E-state index contributed by atoms with van der Waals surface area (Å²) in [5.41, 5.74) is 0. The smallest absolute Gasteiger partial charge is 0.326 e. The van der Waals surface area contributed by atoms with E-state index < -0.39 is 24.1 Å². The van der Waals surface area contributed by atoms with E-state index in [0.717, 1.165) is 0 Å². The van der Waals surface area contributed by atoms with Crippen LogP contribution in [0.2, 0.25) is 0 Å². The van der Waals surface area contributed by atoms with Gasteiger partial charge in [0.15, 0.2) is 0 Å². The van der Waals surface area contributed by atoms with Crippen LogP contribution >= 0.6 is 0 Å². The van der Waals surface area contributed by atoms with E-state index in [1.165, 1.54) is 14.0 Å². The molecule has 1 unspecified atom stereocenters. The van der Waals surface area contributed by atoms with Crippen LogP contribution < -0.4 is 16.0 Å². The molecule has 0 spiro atoms. The highest BCUT2D eigenvalue weighted by atomic mass is 16.4. The number of likely N-dealkylation sites (N-methyl/N-ethyl adjacent to an activating group) is 1. The second-order valence-electron chi connectivity index (χ2n) is 3.25. The molecule has 0 fully saturated rings. The summed E-state index contributed by atoms with van der Waals surface area (Å²) in [4.78, 5) is 33.0. The second-order valence-corrected chi connectivity index (χ2v) is 3.25. The molecule has 2 atom stereocenters. The number of carboxylic acids is 1. The fourth-order valence-electron chi connectivity index (χ4n) is 1.02. The van der Waals surface area contributed by atoms with Crippen molar-refractivity contribution in [3.63, 3.8) is 0 Å². The number of amides is 3. The molecule has 0 aromatic rings. The Bertz CT molecular complexity index is 280. The first-order valence-corrected chi connectivity index (χ1v) is 4.93. The Kier molecular flexibility index (Phi) is 5.91. The van der Waals surface area contributed by atoms with Crippen LogP contribution in [0.1, 0.15) is 20.3 Å². The monoisotopic (exact) mass is 231 g/mol. The van der Waals surface area contributed by atoms with E-state index in [-0.39, 0.29) is 12.3 Å². The van der Waals surface area contributed by atoms with Crippen molar-refractivity contribution in [2.24, 2.45) is 0 Å². The number of carbonyl (C=O) groups is 3. The van der Waals surface area contributed by atoms with Crippen LogP contribution in [0, 0.1) is 0 Å². The maximum absolute atomic E-state index is 11.3. The van der Waals surface area contributed by atoms with E-state index in [1.54, 1.807) is 6.92 Å². The fourth-order valence-corrected chi connectivity index (χ4v) is 1.02. The Labute approximate surface area is 93.6 Å². The molecule has 0 radical (unpaired) electrons. The highest BCUT2D eigenvalue weighted by Crippen LogP contribution is 1.91. The molecule has 0 aliphatic rings. The minimum Gasteiger partial charge on any atom is -0.480 e. The van der Waals surface area contributed by atoms with Crippen molar-refractivity contribution in [1.82, 2.24) is 16.0 Å². The van der Waals surface area contributed by atoms with Crippen LogP contribution in [-0.4, -0.2) is 42.1 Å². The molecule has 92 valence electrons. The number of carbonyl (C=O) groups excluding carboxylic acids is 2. The van der Waals surface area contributed by atoms with Crippen molar-refractivity contribution in [1.29, 1.82) is 0 Å². The van der Waals surface area contributed by atoms with Gasteiger partial charge >= 0.3 is 12.0 Å². The molecule has 4 N–H and O–H groups in total. The molecule has 7 heteroatoms. The van der Waals surface area contributed by atoms with Crippen molar-refractivity contribution < 1.29 is 19.5 Å². The zero-order valence-electron chi connectivity index (χ0n) is 9.53. The van der Waals surface area contributed by atoms with Gasteiger partial charge in [0.25, 0.3) is 0 Å². The summed E-state index contributed by atoms with van der Waals surface area (Å²) < 4.78 is 0. The number of urea groups is 1. The van der Waals surface area contributed by atoms with Crippen LogP contribution in [0.25, 0.3) is 0 Å². The van der Waals surface area contributed by atoms with E-state index in [9.17, 15) is 14.4 Å². The van der Waals surface area contributed by atoms with Crippen molar-refractivity contribution >= 4 is 17.9 Å². The maximum Gasteiger partial charge on any atom is 0.326 e. The molecule has 0 aromatic carbocycles. The highest BCUT2D eigenvalue weighted by molar-refractivity contribution is 5.88. The lowest BCUT2D eigenvalue weighted by atomic mass is 10.2. The Hall–Kier alpha value is -1.79. The molecular formula is C9H17N3O4. The van der Waals surface area contributed by atoms with E-state index >= 15 is 0 Å². The molecule has 0 bridgehead atoms. The first kappa shape index (κ1) is 14.2. The summed E-state index contributed by atoms with van der Waals surface area (Å²) in [7, 11) is 1.45. The Balaban J connectivity index is 4.17. The Morgan fingerprint density at radius 1 is 1.25 bits per heavy atom. The van der Waals surface area contributed by atoms with Gasteiger partial charge in [0, 0.05) is 7.05 Å². The summed E-state index contributed by atoms with van der Waals surface area (Å²) in [6.45, 7) is 3.14. The van der Waals surface area contributed by atoms with Gasteiger partial charge in [-0.05, 0) is 13.3 Å². The SMILES string of the molecule is CC[C@@H](NC(=O)NC(C)C(=O)NC)C(=O)O. The molecule has 0 saturated heterocycles. The van der Waals surface area contributed by atoms with Crippen LogP contribution in [0.5, 0.6) is 0 Å². The largest absolute Gasteiger partial charge is 0.480 e. The molecule has 3 amide bonds. The molecule has 16 heavy (non-hydrogen) atoms. The van der Waals surface area contributed by atoms with Crippen molar-refractivity contribution in [3.05, 3.63) is 0 Å². The van der Waals surface area contributed by atoms with Gasteiger partial charge in [0.2, 0.25) is 5.91 Å². The van der Waals surface area contributed by atoms with Gasteiger partial charge in [-0.2, -0.15) is 0 Å². The third-order valence-electron chi connectivity index (χ3n) is 2.00. The molecule has 7 nitrogen and oxygen atoms in total. The van der Waals surface area contributed by atoms with Gasteiger partial charge in [-0.15, -0.1) is 0 Å². The van der Waals surface area contributed by atoms with Crippen LogP contribution in [0.15, 0.2) is 0 Å². The number of carboxylic acid groups (broad SMARTS) is 1. The number of hydrogen-bond donors (Lipinski definition) is 4. The van der Waals surface area contributed by atoms with Crippen molar-refractivity contribution in [2.75, 3.05) is 7.05 Å².